The second-order valence-electron chi connectivity index (χ2n) is 6.72. The molecule has 1 aliphatic rings. The number of benzene rings is 2. The SMILES string of the molecule is COc1ccccc1N1CCN(C(=O)C(C)Cc2ccc(Cl)cc2)CC1. The molecule has 26 heavy (non-hydrogen) atoms. The first-order valence-electron chi connectivity index (χ1n) is 8.99. The second kappa shape index (κ2) is 8.45. The molecule has 1 saturated heterocycles. The molecule has 1 unspecified atom stereocenters. The molecule has 0 aliphatic carbocycles. The fourth-order valence-electron chi connectivity index (χ4n) is 3.43. The maximum atomic E-state index is 12.8. The van der Waals surface area contributed by atoms with E-state index in [0.717, 1.165) is 54.6 Å². The van der Waals surface area contributed by atoms with Crippen LogP contribution in [0, 0.1) is 5.92 Å². The Hall–Kier alpha value is -2.20. The van der Waals surface area contributed by atoms with Crippen LogP contribution in [0.5, 0.6) is 5.75 Å². The summed E-state index contributed by atoms with van der Waals surface area (Å²) < 4.78 is 5.45. The molecule has 1 atom stereocenters. The van der Waals surface area contributed by atoms with Crippen LogP contribution in [-0.4, -0.2) is 44.1 Å². The van der Waals surface area contributed by atoms with Gasteiger partial charge < -0.3 is 14.5 Å². The van der Waals surface area contributed by atoms with E-state index in [1.807, 2.05) is 54.3 Å². The highest BCUT2D eigenvalue weighted by Crippen LogP contribution is 2.28. The molecule has 0 radical (unpaired) electrons. The van der Waals surface area contributed by atoms with E-state index in [1.165, 1.54) is 0 Å². The summed E-state index contributed by atoms with van der Waals surface area (Å²) in [7, 11) is 1.69. The van der Waals surface area contributed by atoms with Crippen molar-refractivity contribution in [1.82, 2.24) is 4.90 Å². The van der Waals surface area contributed by atoms with Crippen molar-refractivity contribution in [2.24, 2.45) is 5.92 Å². The molecule has 1 amide bonds. The van der Waals surface area contributed by atoms with Gasteiger partial charge in [-0.2, -0.15) is 0 Å². The van der Waals surface area contributed by atoms with Crippen LogP contribution in [0.2, 0.25) is 5.02 Å². The van der Waals surface area contributed by atoms with Gasteiger partial charge in [0.1, 0.15) is 5.75 Å². The summed E-state index contributed by atoms with van der Waals surface area (Å²) >= 11 is 5.93. The Kier molecular flexibility index (Phi) is 6.04. The molecular weight excluding hydrogens is 348 g/mol. The highest BCUT2D eigenvalue weighted by Gasteiger charge is 2.26. The summed E-state index contributed by atoms with van der Waals surface area (Å²) in [6.45, 7) is 5.12. The van der Waals surface area contributed by atoms with E-state index in [2.05, 4.69) is 11.0 Å². The number of ether oxygens (including phenoxy) is 1. The number of carbonyl (C=O) groups is 1. The molecule has 0 bridgehead atoms. The quantitative estimate of drug-likeness (QED) is 0.798. The van der Waals surface area contributed by atoms with Gasteiger partial charge in [-0.25, -0.2) is 0 Å². The van der Waals surface area contributed by atoms with Crippen molar-refractivity contribution in [3.63, 3.8) is 0 Å². The number of piperazine rings is 1. The van der Waals surface area contributed by atoms with Gasteiger partial charge in [0, 0.05) is 37.1 Å². The average molecular weight is 373 g/mol. The zero-order valence-electron chi connectivity index (χ0n) is 15.3. The molecule has 1 aliphatic heterocycles. The number of hydrogen-bond acceptors (Lipinski definition) is 3. The van der Waals surface area contributed by atoms with Crippen molar-refractivity contribution in [2.45, 2.75) is 13.3 Å². The van der Waals surface area contributed by atoms with E-state index in [4.69, 9.17) is 16.3 Å². The highest BCUT2D eigenvalue weighted by molar-refractivity contribution is 6.30. The van der Waals surface area contributed by atoms with Gasteiger partial charge in [0.2, 0.25) is 5.91 Å². The number of para-hydroxylation sites is 2. The Bertz CT molecular complexity index is 740. The number of methoxy groups -OCH3 is 1. The van der Waals surface area contributed by atoms with Crippen LogP contribution in [0.1, 0.15) is 12.5 Å². The molecule has 0 N–H and O–H groups in total. The Morgan fingerprint density at radius 3 is 2.38 bits per heavy atom. The van der Waals surface area contributed by atoms with E-state index in [1.54, 1.807) is 7.11 Å². The van der Waals surface area contributed by atoms with Gasteiger partial charge in [0.05, 0.1) is 12.8 Å². The van der Waals surface area contributed by atoms with Crippen LogP contribution < -0.4 is 9.64 Å². The minimum absolute atomic E-state index is 0.0333. The smallest absolute Gasteiger partial charge is 0.225 e. The van der Waals surface area contributed by atoms with Crippen LogP contribution in [0.3, 0.4) is 0 Å². The van der Waals surface area contributed by atoms with Crippen molar-refractivity contribution in [3.05, 3.63) is 59.1 Å². The molecule has 1 fully saturated rings. The number of hydrogen-bond donors (Lipinski definition) is 0. The van der Waals surface area contributed by atoms with E-state index < -0.39 is 0 Å². The van der Waals surface area contributed by atoms with Gasteiger partial charge in [0.25, 0.3) is 0 Å². The van der Waals surface area contributed by atoms with Crippen LogP contribution in [0.25, 0.3) is 0 Å². The van der Waals surface area contributed by atoms with Gasteiger partial charge in [-0.1, -0.05) is 42.8 Å². The maximum absolute atomic E-state index is 12.8. The van der Waals surface area contributed by atoms with Gasteiger partial charge in [-0.3, -0.25) is 4.79 Å². The second-order valence-corrected chi connectivity index (χ2v) is 7.15. The zero-order chi connectivity index (χ0) is 18.5. The van der Waals surface area contributed by atoms with Crippen molar-refractivity contribution in [1.29, 1.82) is 0 Å². The fraction of sp³-hybridized carbons (Fsp3) is 0.381. The number of rotatable bonds is 5. The largest absolute Gasteiger partial charge is 0.495 e. The molecule has 138 valence electrons. The van der Waals surface area contributed by atoms with Crippen LogP contribution >= 0.6 is 11.6 Å². The Balaban J connectivity index is 1.57. The predicted molar refractivity (Wildman–Crippen MR) is 106 cm³/mol. The number of amides is 1. The summed E-state index contributed by atoms with van der Waals surface area (Å²) in [4.78, 5) is 17.1. The Morgan fingerprint density at radius 2 is 1.73 bits per heavy atom. The van der Waals surface area contributed by atoms with Crippen molar-refractivity contribution >= 4 is 23.2 Å². The Morgan fingerprint density at radius 1 is 1.08 bits per heavy atom. The lowest BCUT2D eigenvalue weighted by Crippen LogP contribution is -2.50. The molecule has 5 heteroatoms. The van der Waals surface area contributed by atoms with Crippen molar-refractivity contribution < 1.29 is 9.53 Å². The summed E-state index contributed by atoms with van der Waals surface area (Å²) in [6.07, 6.45) is 0.739. The first-order valence-corrected chi connectivity index (χ1v) is 9.37. The number of nitrogens with zero attached hydrogens (tertiary/aromatic N) is 2. The molecule has 2 aromatic carbocycles. The monoisotopic (exact) mass is 372 g/mol. The van der Waals surface area contributed by atoms with Gasteiger partial charge >= 0.3 is 0 Å². The number of anilines is 1. The lowest BCUT2D eigenvalue weighted by molar-refractivity contribution is -0.135. The number of halogens is 1. The van der Waals surface area contributed by atoms with E-state index in [-0.39, 0.29) is 11.8 Å². The van der Waals surface area contributed by atoms with Gasteiger partial charge in [-0.05, 0) is 36.2 Å². The minimum Gasteiger partial charge on any atom is -0.495 e. The first kappa shape index (κ1) is 18.6. The van der Waals surface area contributed by atoms with Gasteiger partial charge in [-0.15, -0.1) is 0 Å². The Labute approximate surface area is 160 Å². The lowest BCUT2D eigenvalue weighted by Gasteiger charge is -2.37. The fourth-order valence-corrected chi connectivity index (χ4v) is 3.56. The summed E-state index contributed by atoms with van der Waals surface area (Å²) in [5, 5.41) is 0.722. The van der Waals surface area contributed by atoms with Gasteiger partial charge in [0.15, 0.2) is 0 Å². The standard InChI is InChI=1S/C21H25ClN2O2/c1-16(15-17-7-9-18(22)10-8-17)21(25)24-13-11-23(12-14-24)19-5-3-4-6-20(19)26-2/h3-10,16H,11-15H2,1-2H3. The zero-order valence-corrected chi connectivity index (χ0v) is 16.1. The highest BCUT2D eigenvalue weighted by atomic mass is 35.5. The van der Waals surface area contributed by atoms with E-state index in [9.17, 15) is 4.79 Å². The predicted octanol–water partition coefficient (Wildman–Crippen LogP) is 3.88. The summed E-state index contributed by atoms with van der Waals surface area (Å²) in [6, 6.07) is 15.8. The minimum atomic E-state index is -0.0333. The molecule has 2 aromatic rings. The third-order valence-electron chi connectivity index (χ3n) is 4.89. The van der Waals surface area contributed by atoms with Crippen LogP contribution in [0.15, 0.2) is 48.5 Å². The normalized spacial score (nSPS) is 15.7. The third-order valence-corrected chi connectivity index (χ3v) is 5.15. The summed E-state index contributed by atoms with van der Waals surface area (Å²) in [5.74, 6) is 1.07. The van der Waals surface area contributed by atoms with Crippen LogP contribution in [0.4, 0.5) is 5.69 Å². The van der Waals surface area contributed by atoms with E-state index in [0.29, 0.717) is 0 Å². The van der Waals surface area contributed by atoms with Crippen molar-refractivity contribution in [3.8, 4) is 5.75 Å². The molecular formula is C21H25ClN2O2. The maximum Gasteiger partial charge on any atom is 0.225 e. The molecule has 0 spiro atoms. The molecule has 4 nitrogen and oxygen atoms in total. The topological polar surface area (TPSA) is 32.8 Å². The molecule has 1 heterocycles. The molecule has 0 saturated carbocycles. The number of carbonyl (C=O) groups excluding carboxylic acids is 1. The first-order chi connectivity index (χ1) is 12.6. The summed E-state index contributed by atoms with van der Waals surface area (Å²) in [5.41, 5.74) is 2.24. The van der Waals surface area contributed by atoms with E-state index >= 15 is 0 Å². The average Bonchev–Trinajstić information content (AvgIpc) is 2.69. The molecule has 3 rings (SSSR count). The lowest BCUT2D eigenvalue weighted by atomic mass is 9.99. The van der Waals surface area contributed by atoms with Crippen LogP contribution in [-0.2, 0) is 11.2 Å². The molecule has 0 aromatic heterocycles. The van der Waals surface area contributed by atoms with Crippen molar-refractivity contribution in [2.75, 3.05) is 38.2 Å². The third kappa shape index (κ3) is 4.31.